The van der Waals surface area contributed by atoms with Gasteiger partial charge in [0.1, 0.15) is 0 Å². The molecule has 1 rings (SSSR count). The van der Waals surface area contributed by atoms with Crippen molar-refractivity contribution >= 4 is 0 Å². The third kappa shape index (κ3) is 4.43. The molecule has 0 heterocycles. The molecule has 0 radical (unpaired) electrons. The van der Waals surface area contributed by atoms with Crippen LogP contribution in [0.1, 0.15) is 39.5 Å². The molecule has 0 amide bonds. The lowest BCUT2D eigenvalue weighted by molar-refractivity contribution is 0.171. The molecule has 0 aromatic heterocycles. The summed E-state index contributed by atoms with van der Waals surface area (Å²) >= 11 is 0. The van der Waals surface area contributed by atoms with Gasteiger partial charge in [0.05, 0.1) is 0 Å². The minimum atomic E-state index is 0.604. The van der Waals surface area contributed by atoms with Crippen LogP contribution in [0, 0.1) is 11.3 Å². The quantitative estimate of drug-likeness (QED) is 0.606. The van der Waals surface area contributed by atoms with E-state index in [2.05, 4.69) is 19.2 Å². The Morgan fingerprint density at radius 3 is 2.57 bits per heavy atom. The van der Waals surface area contributed by atoms with Gasteiger partial charge in [-0.3, -0.25) is 0 Å². The molecule has 1 aliphatic rings. The van der Waals surface area contributed by atoms with Crippen molar-refractivity contribution in [1.29, 1.82) is 0 Å². The van der Waals surface area contributed by atoms with E-state index in [0.717, 1.165) is 12.5 Å². The van der Waals surface area contributed by atoms with E-state index < -0.39 is 0 Å². The van der Waals surface area contributed by atoms with E-state index in [-0.39, 0.29) is 0 Å². The maximum absolute atomic E-state index is 5.13. The number of hydrogen-bond donors (Lipinski definition) is 1. The fraction of sp³-hybridized carbons (Fsp3) is 1.00. The summed E-state index contributed by atoms with van der Waals surface area (Å²) in [5, 5.41) is 3.57. The average Bonchev–Trinajstić information content (AvgIpc) is 2.90. The van der Waals surface area contributed by atoms with Crippen LogP contribution < -0.4 is 5.32 Å². The molecule has 2 nitrogen and oxygen atoms in total. The SMILES string of the molecule is COCCC1(CNCCC(C)C)CC1. The summed E-state index contributed by atoms with van der Waals surface area (Å²) in [5.74, 6) is 0.816. The summed E-state index contributed by atoms with van der Waals surface area (Å²) in [5.41, 5.74) is 0.604. The lowest BCUT2D eigenvalue weighted by Crippen LogP contribution is -2.26. The van der Waals surface area contributed by atoms with E-state index >= 15 is 0 Å². The first-order chi connectivity index (χ1) is 6.68. The van der Waals surface area contributed by atoms with Crippen molar-refractivity contribution < 1.29 is 4.74 Å². The molecular weight excluding hydrogens is 174 g/mol. The largest absolute Gasteiger partial charge is 0.385 e. The molecule has 1 fully saturated rings. The zero-order valence-corrected chi connectivity index (χ0v) is 9.94. The smallest absolute Gasteiger partial charge is 0.0468 e. The van der Waals surface area contributed by atoms with Gasteiger partial charge in [0.2, 0.25) is 0 Å². The monoisotopic (exact) mass is 199 g/mol. The second kappa shape index (κ2) is 5.72. The fourth-order valence-corrected chi connectivity index (χ4v) is 1.75. The van der Waals surface area contributed by atoms with E-state index in [1.165, 1.54) is 38.8 Å². The van der Waals surface area contributed by atoms with E-state index in [1.54, 1.807) is 7.11 Å². The molecule has 0 spiro atoms. The van der Waals surface area contributed by atoms with Crippen molar-refractivity contribution in [3.63, 3.8) is 0 Å². The fourth-order valence-electron chi connectivity index (χ4n) is 1.75. The summed E-state index contributed by atoms with van der Waals surface area (Å²) in [6.07, 6.45) is 5.31. The topological polar surface area (TPSA) is 21.3 Å². The molecule has 0 aromatic rings. The van der Waals surface area contributed by atoms with Crippen molar-refractivity contribution in [3.8, 4) is 0 Å². The third-order valence-electron chi connectivity index (χ3n) is 3.19. The van der Waals surface area contributed by atoms with Crippen LogP contribution in [-0.4, -0.2) is 26.8 Å². The molecular formula is C12H25NO. The summed E-state index contributed by atoms with van der Waals surface area (Å²) in [7, 11) is 1.79. The van der Waals surface area contributed by atoms with E-state index in [1.807, 2.05) is 0 Å². The molecule has 1 N–H and O–H groups in total. The summed E-state index contributed by atoms with van der Waals surface area (Å²) in [4.78, 5) is 0. The molecule has 0 bridgehead atoms. The lowest BCUT2D eigenvalue weighted by atomic mass is 10.0. The molecule has 0 unspecified atom stereocenters. The second-order valence-electron chi connectivity index (χ2n) is 5.10. The highest BCUT2D eigenvalue weighted by molar-refractivity contribution is 4.94. The Morgan fingerprint density at radius 2 is 2.07 bits per heavy atom. The van der Waals surface area contributed by atoms with Gasteiger partial charge in [-0.25, -0.2) is 0 Å². The van der Waals surface area contributed by atoms with Gasteiger partial charge in [-0.15, -0.1) is 0 Å². The van der Waals surface area contributed by atoms with Crippen molar-refractivity contribution in [2.45, 2.75) is 39.5 Å². The van der Waals surface area contributed by atoms with Crippen LogP contribution in [-0.2, 0) is 4.74 Å². The standard InChI is InChI=1S/C12H25NO/c1-11(2)4-8-13-10-12(5-6-12)7-9-14-3/h11,13H,4-10H2,1-3H3. The van der Waals surface area contributed by atoms with Crippen LogP contribution in [0.2, 0.25) is 0 Å². The van der Waals surface area contributed by atoms with Gasteiger partial charge in [0.25, 0.3) is 0 Å². The van der Waals surface area contributed by atoms with E-state index in [9.17, 15) is 0 Å². The highest BCUT2D eigenvalue weighted by Crippen LogP contribution is 2.48. The predicted molar refractivity (Wildman–Crippen MR) is 60.5 cm³/mol. The Morgan fingerprint density at radius 1 is 1.36 bits per heavy atom. The van der Waals surface area contributed by atoms with Gasteiger partial charge in [-0.05, 0) is 43.6 Å². The van der Waals surface area contributed by atoms with Gasteiger partial charge in [0.15, 0.2) is 0 Å². The Labute approximate surface area is 88.4 Å². The summed E-state index contributed by atoms with van der Waals surface area (Å²) in [6, 6.07) is 0. The number of hydrogen-bond acceptors (Lipinski definition) is 2. The molecule has 0 atom stereocenters. The van der Waals surface area contributed by atoms with Crippen LogP contribution in [0.25, 0.3) is 0 Å². The van der Waals surface area contributed by atoms with Crippen LogP contribution in [0.4, 0.5) is 0 Å². The molecule has 14 heavy (non-hydrogen) atoms. The Kier molecular flexibility index (Phi) is 4.90. The number of nitrogens with one attached hydrogen (secondary N) is 1. The van der Waals surface area contributed by atoms with E-state index in [4.69, 9.17) is 4.74 Å². The number of ether oxygens (including phenoxy) is 1. The van der Waals surface area contributed by atoms with Gasteiger partial charge >= 0.3 is 0 Å². The Balaban J connectivity index is 2.00. The predicted octanol–water partition coefficient (Wildman–Crippen LogP) is 2.44. The van der Waals surface area contributed by atoms with Crippen molar-refractivity contribution in [2.24, 2.45) is 11.3 Å². The molecule has 84 valence electrons. The number of rotatable bonds is 8. The zero-order chi connectivity index (χ0) is 10.4. The zero-order valence-electron chi connectivity index (χ0n) is 9.94. The van der Waals surface area contributed by atoms with Crippen LogP contribution in [0.15, 0.2) is 0 Å². The van der Waals surface area contributed by atoms with Crippen molar-refractivity contribution in [1.82, 2.24) is 5.32 Å². The van der Waals surface area contributed by atoms with Crippen LogP contribution >= 0.6 is 0 Å². The third-order valence-corrected chi connectivity index (χ3v) is 3.19. The lowest BCUT2D eigenvalue weighted by Gasteiger charge is -2.15. The molecule has 0 saturated heterocycles. The molecule has 0 aliphatic heterocycles. The maximum atomic E-state index is 5.13. The molecule has 2 heteroatoms. The first kappa shape index (κ1) is 12.0. The van der Waals surface area contributed by atoms with Crippen LogP contribution in [0.3, 0.4) is 0 Å². The molecule has 1 saturated carbocycles. The highest BCUT2D eigenvalue weighted by atomic mass is 16.5. The highest BCUT2D eigenvalue weighted by Gasteiger charge is 2.41. The molecule has 1 aliphatic carbocycles. The minimum absolute atomic E-state index is 0.604. The Hall–Kier alpha value is -0.0800. The maximum Gasteiger partial charge on any atom is 0.0468 e. The van der Waals surface area contributed by atoms with Gasteiger partial charge in [-0.2, -0.15) is 0 Å². The average molecular weight is 199 g/mol. The summed E-state index contributed by atoms with van der Waals surface area (Å²) < 4.78 is 5.13. The first-order valence-corrected chi connectivity index (χ1v) is 5.88. The minimum Gasteiger partial charge on any atom is -0.385 e. The molecule has 0 aromatic carbocycles. The number of methoxy groups -OCH3 is 1. The van der Waals surface area contributed by atoms with E-state index in [0.29, 0.717) is 5.41 Å². The second-order valence-corrected chi connectivity index (χ2v) is 5.10. The van der Waals surface area contributed by atoms with Crippen LogP contribution in [0.5, 0.6) is 0 Å². The van der Waals surface area contributed by atoms with Gasteiger partial charge in [0, 0.05) is 20.3 Å². The van der Waals surface area contributed by atoms with Crippen molar-refractivity contribution in [2.75, 3.05) is 26.8 Å². The Bertz CT molecular complexity index is 152. The van der Waals surface area contributed by atoms with Gasteiger partial charge in [-0.1, -0.05) is 13.8 Å². The van der Waals surface area contributed by atoms with Crippen molar-refractivity contribution in [3.05, 3.63) is 0 Å². The normalized spacial score (nSPS) is 18.9. The van der Waals surface area contributed by atoms with Gasteiger partial charge < -0.3 is 10.1 Å². The first-order valence-electron chi connectivity index (χ1n) is 5.88. The summed E-state index contributed by atoms with van der Waals surface area (Å²) in [6.45, 7) is 7.85.